The smallest absolute Gasteiger partial charge is 0.237 e. The second kappa shape index (κ2) is 8.12. The van der Waals surface area contributed by atoms with Crippen LogP contribution in [0.5, 0.6) is 5.88 Å². The molecule has 1 aliphatic rings. The van der Waals surface area contributed by atoms with Gasteiger partial charge in [0.1, 0.15) is 0 Å². The van der Waals surface area contributed by atoms with Crippen LogP contribution in [0.3, 0.4) is 0 Å². The van der Waals surface area contributed by atoms with Crippen molar-refractivity contribution in [3.63, 3.8) is 0 Å². The Hall–Kier alpha value is -2.40. The van der Waals surface area contributed by atoms with Crippen molar-refractivity contribution in [3.05, 3.63) is 59.3 Å². The molecule has 0 bridgehead atoms. The van der Waals surface area contributed by atoms with Crippen molar-refractivity contribution in [3.8, 4) is 5.88 Å². The second-order valence-corrected chi connectivity index (χ2v) is 6.17. The number of nitrogens with one attached hydrogen (secondary N) is 1. The normalized spacial score (nSPS) is 17.0. The second-order valence-electron chi connectivity index (χ2n) is 6.17. The molecule has 0 aliphatic carbocycles. The van der Waals surface area contributed by atoms with E-state index in [4.69, 9.17) is 4.74 Å². The van der Waals surface area contributed by atoms with Gasteiger partial charge >= 0.3 is 0 Å². The fourth-order valence-corrected chi connectivity index (χ4v) is 3.29. The summed E-state index contributed by atoms with van der Waals surface area (Å²) in [6.07, 6.45) is 2.45. The molecule has 5 heteroatoms. The zero-order chi connectivity index (χ0) is 17.6. The summed E-state index contributed by atoms with van der Waals surface area (Å²) in [6, 6.07) is 12.0. The van der Waals surface area contributed by atoms with Crippen LogP contribution in [0.2, 0.25) is 0 Å². The molecule has 0 fully saturated rings. The van der Waals surface area contributed by atoms with E-state index in [0.29, 0.717) is 19.0 Å². The van der Waals surface area contributed by atoms with E-state index < -0.39 is 0 Å². The molecule has 2 heterocycles. The van der Waals surface area contributed by atoms with E-state index in [0.717, 1.165) is 25.1 Å². The van der Waals surface area contributed by atoms with Crippen molar-refractivity contribution >= 4 is 5.91 Å². The van der Waals surface area contributed by atoms with Crippen LogP contribution < -0.4 is 10.1 Å². The number of nitrogens with zero attached hydrogens (tertiary/aromatic N) is 2. The number of hydrogen-bond donors (Lipinski definition) is 1. The van der Waals surface area contributed by atoms with E-state index in [1.165, 1.54) is 11.1 Å². The molecular weight excluding hydrogens is 314 g/mol. The summed E-state index contributed by atoms with van der Waals surface area (Å²) in [5, 5.41) is 3.06. The molecule has 1 aromatic carbocycles. The number of benzene rings is 1. The number of carbonyl (C=O) groups is 1. The van der Waals surface area contributed by atoms with Crippen molar-refractivity contribution < 1.29 is 9.53 Å². The molecule has 2 aromatic rings. The Labute approximate surface area is 149 Å². The van der Waals surface area contributed by atoms with Crippen molar-refractivity contribution in [1.29, 1.82) is 0 Å². The standard InChI is InChI=1S/C20H25N3O2/c1-3-23-14-17-9-6-5-8-15(17)12-18(23)19(24)22-13-16-10-7-11-21-20(16)25-4-2/h5-11,18H,3-4,12-14H2,1-2H3,(H,22,24)/t18-/m0/s1. The van der Waals surface area contributed by atoms with Crippen LogP contribution in [0.4, 0.5) is 0 Å². The van der Waals surface area contributed by atoms with Crippen molar-refractivity contribution in [2.75, 3.05) is 13.2 Å². The topological polar surface area (TPSA) is 54.5 Å². The molecule has 0 spiro atoms. The summed E-state index contributed by atoms with van der Waals surface area (Å²) >= 11 is 0. The molecule has 1 aliphatic heterocycles. The van der Waals surface area contributed by atoms with E-state index in [1.807, 2.05) is 25.1 Å². The van der Waals surface area contributed by atoms with Crippen LogP contribution in [0.1, 0.15) is 30.5 Å². The van der Waals surface area contributed by atoms with Gasteiger partial charge in [0.05, 0.1) is 12.6 Å². The van der Waals surface area contributed by atoms with Crippen LogP contribution in [-0.2, 0) is 24.3 Å². The van der Waals surface area contributed by atoms with Gasteiger partial charge in [-0.25, -0.2) is 4.98 Å². The monoisotopic (exact) mass is 339 g/mol. The number of likely N-dealkylation sites (N-methyl/N-ethyl adjacent to an activating group) is 1. The summed E-state index contributed by atoms with van der Waals surface area (Å²) in [4.78, 5) is 19.3. The minimum atomic E-state index is -0.132. The zero-order valence-corrected chi connectivity index (χ0v) is 14.9. The van der Waals surface area contributed by atoms with Gasteiger partial charge < -0.3 is 10.1 Å². The summed E-state index contributed by atoms with van der Waals surface area (Å²) < 4.78 is 5.53. The van der Waals surface area contributed by atoms with Crippen LogP contribution in [0.15, 0.2) is 42.6 Å². The molecule has 0 saturated heterocycles. The Balaban J connectivity index is 1.69. The van der Waals surface area contributed by atoms with Gasteiger partial charge in [0.2, 0.25) is 11.8 Å². The average molecular weight is 339 g/mol. The van der Waals surface area contributed by atoms with Gasteiger partial charge in [0.15, 0.2) is 0 Å². The van der Waals surface area contributed by atoms with E-state index in [2.05, 4.69) is 40.3 Å². The summed E-state index contributed by atoms with van der Waals surface area (Å²) in [5.74, 6) is 0.647. The maximum atomic E-state index is 12.8. The number of rotatable bonds is 6. The Morgan fingerprint density at radius 2 is 2.04 bits per heavy atom. The lowest BCUT2D eigenvalue weighted by atomic mass is 9.93. The molecule has 25 heavy (non-hydrogen) atoms. The number of amides is 1. The van der Waals surface area contributed by atoms with Crippen LogP contribution in [0, 0.1) is 0 Å². The molecule has 5 nitrogen and oxygen atoms in total. The van der Waals surface area contributed by atoms with E-state index >= 15 is 0 Å². The number of pyridine rings is 1. The minimum Gasteiger partial charge on any atom is -0.478 e. The summed E-state index contributed by atoms with van der Waals surface area (Å²) in [5.41, 5.74) is 3.49. The molecule has 3 rings (SSSR count). The molecule has 0 saturated carbocycles. The highest BCUT2D eigenvalue weighted by atomic mass is 16.5. The average Bonchev–Trinajstić information content (AvgIpc) is 2.66. The zero-order valence-electron chi connectivity index (χ0n) is 14.9. The Morgan fingerprint density at radius 1 is 1.24 bits per heavy atom. The first-order chi connectivity index (χ1) is 12.2. The fourth-order valence-electron chi connectivity index (χ4n) is 3.29. The highest BCUT2D eigenvalue weighted by Gasteiger charge is 2.30. The maximum Gasteiger partial charge on any atom is 0.237 e. The Kier molecular flexibility index (Phi) is 5.66. The first kappa shape index (κ1) is 17.4. The first-order valence-corrected chi connectivity index (χ1v) is 8.88. The Bertz CT molecular complexity index is 732. The predicted octanol–water partition coefficient (Wildman–Crippen LogP) is 2.54. The number of ether oxygens (including phenoxy) is 1. The van der Waals surface area contributed by atoms with Gasteiger partial charge in [-0.15, -0.1) is 0 Å². The molecule has 1 amide bonds. The Morgan fingerprint density at radius 3 is 2.80 bits per heavy atom. The molecule has 1 atom stereocenters. The molecule has 1 N–H and O–H groups in total. The fraction of sp³-hybridized carbons (Fsp3) is 0.400. The van der Waals surface area contributed by atoms with Crippen LogP contribution in [0.25, 0.3) is 0 Å². The predicted molar refractivity (Wildman–Crippen MR) is 97.3 cm³/mol. The van der Waals surface area contributed by atoms with Gasteiger partial charge in [-0.2, -0.15) is 0 Å². The number of carbonyl (C=O) groups excluding carboxylic acids is 1. The van der Waals surface area contributed by atoms with Gasteiger partial charge in [0.25, 0.3) is 0 Å². The molecule has 0 unspecified atom stereocenters. The lowest BCUT2D eigenvalue weighted by Gasteiger charge is -2.35. The van der Waals surface area contributed by atoms with Crippen LogP contribution in [-0.4, -0.2) is 35.0 Å². The number of hydrogen-bond acceptors (Lipinski definition) is 4. The third-order valence-corrected chi connectivity index (χ3v) is 4.64. The van der Waals surface area contributed by atoms with E-state index in [-0.39, 0.29) is 11.9 Å². The van der Waals surface area contributed by atoms with Crippen molar-refractivity contribution in [1.82, 2.24) is 15.2 Å². The molecule has 132 valence electrons. The van der Waals surface area contributed by atoms with E-state index in [1.54, 1.807) is 6.20 Å². The number of fused-ring (bicyclic) bond motifs is 1. The number of aromatic nitrogens is 1. The lowest BCUT2D eigenvalue weighted by Crippen LogP contribution is -2.49. The molecular formula is C20H25N3O2. The minimum absolute atomic E-state index is 0.0580. The van der Waals surface area contributed by atoms with Crippen molar-refractivity contribution in [2.45, 2.75) is 39.4 Å². The highest BCUT2D eigenvalue weighted by molar-refractivity contribution is 5.82. The maximum absolute atomic E-state index is 12.8. The molecule has 0 radical (unpaired) electrons. The van der Waals surface area contributed by atoms with Gasteiger partial charge in [-0.3, -0.25) is 9.69 Å². The van der Waals surface area contributed by atoms with Crippen molar-refractivity contribution in [2.24, 2.45) is 0 Å². The van der Waals surface area contributed by atoms with E-state index in [9.17, 15) is 4.79 Å². The third-order valence-electron chi connectivity index (χ3n) is 4.64. The first-order valence-electron chi connectivity index (χ1n) is 8.88. The summed E-state index contributed by atoms with van der Waals surface area (Å²) in [6.45, 7) is 6.68. The highest BCUT2D eigenvalue weighted by Crippen LogP contribution is 2.23. The van der Waals surface area contributed by atoms with Gasteiger partial charge in [0, 0.05) is 24.8 Å². The quantitative estimate of drug-likeness (QED) is 0.879. The SMILES string of the molecule is CCOc1ncccc1CNC(=O)[C@@H]1Cc2ccccc2CN1CC. The molecule has 1 aromatic heterocycles. The van der Waals surface area contributed by atoms with Crippen LogP contribution >= 0.6 is 0 Å². The summed E-state index contributed by atoms with van der Waals surface area (Å²) in [7, 11) is 0. The third kappa shape index (κ3) is 3.99. The lowest BCUT2D eigenvalue weighted by molar-refractivity contribution is -0.127. The largest absolute Gasteiger partial charge is 0.478 e. The van der Waals surface area contributed by atoms with Gasteiger partial charge in [-0.05, 0) is 37.1 Å². The van der Waals surface area contributed by atoms with Gasteiger partial charge in [-0.1, -0.05) is 37.3 Å².